The Morgan fingerprint density at radius 2 is 0.911 bits per heavy atom. The number of rotatable bonds is 7. The number of hydrogen-bond donors (Lipinski definition) is 0. The van der Waals surface area contributed by atoms with Crippen LogP contribution >= 0.6 is 11.3 Å². The number of fused-ring (bicyclic) bond motifs is 7. The Labute approximate surface area is 328 Å². The van der Waals surface area contributed by atoms with Crippen molar-refractivity contribution in [2.24, 2.45) is 0 Å². The summed E-state index contributed by atoms with van der Waals surface area (Å²) in [7, 11) is 0. The van der Waals surface area contributed by atoms with Crippen LogP contribution in [0.3, 0.4) is 0 Å². The zero-order valence-electron chi connectivity index (χ0n) is 30.3. The molecule has 2 heterocycles. The average Bonchev–Trinajstić information content (AvgIpc) is 3.82. The summed E-state index contributed by atoms with van der Waals surface area (Å²) in [6.07, 6.45) is 0. The zero-order chi connectivity index (χ0) is 37.0. The van der Waals surface area contributed by atoms with Gasteiger partial charge in [0, 0.05) is 60.7 Å². The molecule has 0 aliphatic rings. The van der Waals surface area contributed by atoms with Crippen molar-refractivity contribution in [3.05, 3.63) is 206 Å². The summed E-state index contributed by atoms with van der Waals surface area (Å²) < 4.78 is 8.96. The minimum Gasteiger partial charge on any atom is -0.456 e. The predicted molar refractivity (Wildman–Crippen MR) is 239 cm³/mol. The number of para-hydroxylation sites is 3. The van der Waals surface area contributed by atoms with Crippen LogP contribution in [0.15, 0.2) is 211 Å². The fraction of sp³-hybridized carbons (Fsp3) is 0. The molecule has 0 atom stereocenters. The molecule has 0 saturated heterocycles. The van der Waals surface area contributed by atoms with E-state index in [0.29, 0.717) is 0 Å². The van der Waals surface area contributed by atoms with Gasteiger partial charge in [-0.3, -0.25) is 0 Å². The normalized spacial score (nSPS) is 11.6. The first kappa shape index (κ1) is 32.3. The third kappa shape index (κ3) is 5.50. The quantitative estimate of drug-likeness (QED) is 0.163. The van der Waals surface area contributed by atoms with Gasteiger partial charge in [-0.25, -0.2) is 0 Å². The highest BCUT2D eigenvalue weighted by molar-refractivity contribution is 7.26. The van der Waals surface area contributed by atoms with Crippen LogP contribution in [-0.2, 0) is 0 Å². The number of furan rings is 1. The second kappa shape index (κ2) is 13.3. The van der Waals surface area contributed by atoms with Crippen molar-refractivity contribution in [3.8, 4) is 11.1 Å². The lowest BCUT2D eigenvalue weighted by Crippen LogP contribution is -2.13. The van der Waals surface area contributed by atoms with E-state index >= 15 is 0 Å². The molecular formula is C52H34N2OS. The van der Waals surface area contributed by atoms with E-state index in [1.165, 1.54) is 42.1 Å². The van der Waals surface area contributed by atoms with E-state index in [0.717, 1.165) is 56.1 Å². The number of nitrogens with zero attached hydrogens (tertiary/aromatic N) is 2. The van der Waals surface area contributed by atoms with Gasteiger partial charge in [0.25, 0.3) is 0 Å². The number of hydrogen-bond acceptors (Lipinski definition) is 4. The topological polar surface area (TPSA) is 19.6 Å². The van der Waals surface area contributed by atoms with E-state index in [4.69, 9.17) is 4.42 Å². The first-order chi connectivity index (χ1) is 27.7. The first-order valence-corrected chi connectivity index (χ1v) is 19.7. The molecule has 4 heteroatoms. The molecule has 3 nitrogen and oxygen atoms in total. The van der Waals surface area contributed by atoms with E-state index in [1.54, 1.807) is 0 Å². The SMILES string of the molecule is c1ccc(-c2ccc(N(c3ccccc3)c3cc(N(c4ccccc4)c4ccc5c(c4)oc4ccccc45)c4sc5cc6ccccc6cc5c4c3)cc2)cc1. The van der Waals surface area contributed by atoms with Crippen LogP contribution in [0.1, 0.15) is 0 Å². The molecule has 56 heavy (non-hydrogen) atoms. The van der Waals surface area contributed by atoms with Crippen molar-refractivity contribution in [2.45, 2.75) is 0 Å². The standard InChI is InChI=1S/C52H34N2OS/c1-4-14-35(15-5-1)36-24-26-41(27-25-36)53(39-18-6-2-7-19-39)43-32-47-46-30-37-16-10-11-17-38(37)31-51(46)56-52(47)48(33-43)54(40-20-8-3-9-21-40)42-28-29-45-44-22-12-13-23-49(44)55-50(45)34-42/h1-34H. The van der Waals surface area contributed by atoms with Crippen molar-refractivity contribution in [1.29, 1.82) is 0 Å². The monoisotopic (exact) mass is 734 g/mol. The van der Waals surface area contributed by atoms with Crippen molar-refractivity contribution >= 4 is 98.3 Å². The van der Waals surface area contributed by atoms with Crippen LogP contribution in [0.25, 0.3) is 64.0 Å². The van der Waals surface area contributed by atoms with Gasteiger partial charge in [0.15, 0.2) is 0 Å². The van der Waals surface area contributed by atoms with Gasteiger partial charge in [-0.2, -0.15) is 0 Å². The van der Waals surface area contributed by atoms with Crippen LogP contribution in [0.5, 0.6) is 0 Å². The van der Waals surface area contributed by atoms with Gasteiger partial charge in [-0.05, 0) is 101 Å². The Morgan fingerprint density at radius 3 is 1.66 bits per heavy atom. The maximum Gasteiger partial charge on any atom is 0.137 e. The fourth-order valence-corrected chi connectivity index (χ4v) is 9.36. The molecule has 264 valence electrons. The van der Waals surface area contributed by atoms with Crippen molar-refractivity contribution in [2.75, 3.05) is 9.80 Å². The van der Waals surface area contributed by atoms with Gasteiger partial charge in [0.1, 0.15) is 11.2 Å². The van der Waals surface area contributed by atoms with E-state index in [-0.39, 0.29) is 0 Å². The Balaban J connectivity index is 1.19. The molecule has 0 aliphatic carbocycles. The summed E-state index contributed by atoms with van der Waals surface area (Å²) in [6, 6.07) is 74.0. The Bertz CT molecular complexity index is 3190. The van der Waals surface area contributed by atoms with Gasteiger partial charge in [-0.15, -0.1) is 11.3 Å². The molecule has 9 aromatic carbocycles. The summed E-state index contributed by atoms with van der Waals surface area (Å²) in [6.45, 7) is 0. The molecule has 0 N–H and O–H groups in total. The van der Waals surface area contributed by atoms with E-state index < -0.39 is 0 Å². The second-order valence-electron chi connectivity index (χ2n) is 14.2. The molecule has 0 radical (unpaired) electrons. The molecule has 11 aromatic rings. The van der Waals surface area contributed by atoms with Gasteiger partial charge < -0.3 is 14.2 Å². The Kier molecular flexibility index (Phi) is 7.68. The van der Waals surface area contributed by atoms with Gasteiger partial charge in [-0.1, -0.05) is 121 Å². The fourth-order valence-electron chi connectivity index (χ4n) is 8.14. The number of benzene rings is 9. The largest absolute Gasteiger partial charge is 0.456 e. The molecule has 11 rings (SSSR count). The molecule has 0 aliphatic heterocycles. The maximum atomic E-state index is 6.48. The lowest BCUT2D eigenvalue weighted by molar-refractivity contribution is 0.669. The van der Waals surface area contributed by atoms with Crippen LogP contribution in [0.4, 0.5) is 34.1 Å². The first-order valence-electron chi connectivity index (χ1n) is 18.9. The van der Waals surface area contributed by atoms with E-state index in [2.05, 4.69) is 204 Å². The van der Waals surface area contributed by atoms with Crippen LogP contribution in [0.2, 0.25) is 0 Å². The minimum absolute atomic E-state index is 0.865. The van der Waals surface area contributed by atoms with Crippen LogP contribution in [-0.4, -0.2) is 0 Å². The molecule has 0 unspecified atom stereocenters. The Hall–Kier alpha value is -7.14. The van der Waals surface area contributed by atoms with Gasteiger partial charge >= 0.3 is 0 Å². The lowest BCUT2D eigenvalue weighted by Gasteiger charge is -2.30. The highest BCUT2D eigenvalue weighted by Crippen LogP contribution is 2.50. The third-order valence-electron chi connectivity index (χ3n) is 10.8. The van der Waals surface area contributed by atoms with E-state index in [9.17, 15) is 0 Å². The van der Waals surface area contributed by atoms with Crippen molar-refractivity contribution in [1.82, 2.24) is 0 Å². The molecule has 0 spiro atoms. The smallest absolute Gasteiger partial charge is 0.137 e. The maximum absolute atomic E-state index is 6.48. The third-order valence-corrected chi connectivity index (χ3v) is 12.0. The van der Waals surface area contributed by atoms with Crippen LogP contribution in [0, 0.1) is 0 Å². The van der Waals surface area contributed by atoms with Crippen molar-refractivity contribution in [3.63, 3.8) is 0 Å². The highest BCUT2D eigenvalue weighted by atomic mass is 32.1. The van der Waals surface area contributed by atoms with Gasteiger partial charge in [0.2, 0.25) is 0 Å². The predicted octanol–water partition coefficient (Wildman–Crippen LogP) is 15.7. The summed E-state index contributed by atoms with van der Waals surface area (Å²) in [4.78, 5) is 4.78. The summed E-state index contributed by atoms with van der Waals surface area (Å²) in [5, 5.41) is 7.18. The Morgan fingerprint density at radius 1 is 0.339 bits per heavy atom. The lowest BCUT2D eigenvalue weighted by atomic mass is 10.0. The zero-order valence-corrected chi connectivity index (χ0v) is 31.2. The second-order valence-corrected chi connectivity index (χ2v) is 15.2. The molecule has 0 amide bonds. The van der Waals surface area contributed by atoms with Gasteiger partial charge in [0.05, 0.1) is 10.4 Å². The molecular weight excluding hydrogens is 701 g/mol. The molecule has 0 fully saturated rings. The molecule has 0 bridgehead atoms. The number of thiophene rings is 1. The summed E-state index contributed by atoms with van der Waals surface area (Å²) in [5.74, 6) is 0. The molecule has 0 saturated carbocycles. The summed E-state index contributed by atoms with van der Waals surface area (Å²) >= 11 is 1.86. The van der Waals surface area contributed by atoms with E-state index in [1.807, 2.05) is 23.5 Å². The molecule has 2 aromatic heterocycles. The van der Waals surface area contributed by atoms with Crippen molar-refractivity contribution < 1.29 is 4.42 Å². The average molecular weight is 735 g/mol. The summed E-state index contributed by atoms with van der Waals surface area (Å²) in [5.41, 5.74) is 10.6. The van der Waals surface area contributed by atoms with Crippen LogP contribution < -0.4 is 9.80 Å². The minimum atomic E-state index is 0.865. The number of anilines is 6. The highest BCUT2D eigenvalue weighted by Gasteiger charge is 2.24.